The number of rotatable bonds is 5. The highest BCUT2D eigenvalue weighted by Crippen LogP contribution is 2.46. The molecule has 2 aliphatic rings. The molecule has 5 rings (SSSR count). The summed E-state index contributed by atoms with van der Waals surface area (Å²) in [5, 5.41) is 18.3. The second kappa shape index (κ2) is 8.30. The lowest BCUT2D eigenvalue weighted by Gasteiger charge is -2.28. The van der Waals surface area contributed by atoms with Crippen LogP contribution in [-0.4, -0.2) is 51.6 Å². The van der Waals surface area contributed by atoms with E-state index in [1.807, 2.05) is 31.1 Å². The molecule has 3 heterocycles. The van der Waals surface area contributed by atoms with Gasteiger partial charge in [-0.1, -0.05) is 18.2 Å². The number of phenols is 1. The molecule has 2 aromatic carbocycles. The summed E-state index contributed by atoms with van der Waals surface area (Å²) in [5.41, 5.74) is 5.57. The Labute approximate surface area is 192 Å². The monoisotopic (exact) mass is 449 g/mol. The van der Waals surface area contributed by atoms with Gasteiger partial charge in [-0.25, -0.2) is 0 Å². The highest BCUT2D eigenvalue weighted by atomic mass is 32.2. The van der Waals surface area contributed by atoms with Crippen molar-refractivity contribution in [3.63, 3.8) is 0 Å². The first-order valence-electron chi connectivity index (χ1n) is 10.9. The van der Waals surface area contributed by atoms with Gasteiger partial charge >= 0.3 is 0 Å². The molecule has 2 atom stereocenters. The van der Waals surface area contributed by atoms with Crippen LogP contribution in [0.5, 0.6) is 5.75 Å². The van der Waals surface area contributed by atoms with Gasteiger partial charge in [0.2, 0.25) is 0 Å². The van der Waals surface area contributed by atoms with E-state index in [9.17, 15) is 9.90 Å². The number of aromatic amines is 1. The fourth-order valence-corrected chi connectivity index (χ4v) is 5.38. The van der Waals surface area contributed by atoms with Gasteiger partial charge in [-0.15, -0.1) is 11.8 Å². The van der Waals surface area contributed by atoms with Crippen molar-refractivity contribution in [1.29, 1.82) is 0 Å². The number of amides is 1. The molecule has 32 heavy (non-hydrogen) atoms. The Balaban J connectivity index is 1.65. The zero-order valence-corrected chi connectivity index (χ0v) is 19.3. The number of carbonyl (C=O) groups excluding carboxylic acids is 1. The quantitative estimate of drug-likeness (QED) is 0.545. The first-order valence-corrected chi connectivity index (χ1v) is 12.2. The Morgan fingerprint density at radius 3 is 2.69 bits per heavy atom. The molecule has 1 saturated heterocycles. The number of thioether (sulfide) groups is 1. The number of carbonyl (C=O) groups is 1. The minimum Gasteiger partial charge on any atom is -0.507 e. The number of nitrogens with one attached hydrogen (secondary N) is 1. The molecule has 0 aliphatic carbocycles. The van der Waals surface area contributed by atoms with E-state index in [0.717, 1.165) is 41.7 Å². The lowest BCUT2D eigenvalue weighted by molar-refractivity contribution is 0.0495. The summed E-state index contributed by atoms with van der Waals surface area (Å²) in [4.78, 5) is 16.6. The van der Waals surface area contributed by atoms with Gasteiger partial charge in [0.05, 0.1) is 12.1 Å². The summed E-state index contributed by atoms with van der Waals surface area (Å²) in [7, 11) is 0. The van der Waals surface area contributed by atoms with Crippen LogP contribution >= 0.6 is 11.8 Å². The number of aromatic nitrogens is 2. The Bertz CT molecular complexity index is 1140. The van der Waals surface area contributed by atoms with Crippen molar-refractivity contribution < 1.29 is 14.6 Å². The number of nitrogens with zero attached hydrogens (tertiary/aromatic N) is 2. The molecule has 6 nitrogen and oxygen atoms in total. The summed E-state index contributed by atoms with van der Waals surface area (Å²) in [6.07, 6.45) is 4.07. The number of fused-ring (bicyclic) bond motifs is 1. The van der Waals surface area contributed by atoms with Crippen molar-refractivity contribution in [1.82, 2.24) is 15.1 Å². The van der Waals surface area contributed by atoms with E-state index in [2.05, 4.69) is 34.5 Å². The van der Waals surface area contributed by atoms with E-state index in [-0.39, 0.29) is 23.8 Å². The molecular formula is C25H27N3O3S. The van der Waals surface area contributed by atoms with E-state index in [1.54, 1.807) is 17.8 Å². The molecular weight excluding hydrogens is 422 g/mol. The third-order valence-corrected chi connectivity index (χ3v) is 7.16. The van der Waals surface area contributed by atoms with Gasteiger partial charge in [-0.3, -0.25) is 9.89 Å². The SMILES string of the molecule is CSc1ccc(C2c3c(-c4c(C)cc(C)cc4O)n[nH]c3C(=O)N2CC2CCCO2)cc1. The van der Waals surface area contributed by atoms with E-state index in [4.69, 9.17) is 4.74 Å². The zero-order chi connectivity index (χ0) is 22.4. The second-order valence-electron chi connectivity index (χ2n) is 8.61. The lowest BCUT2D eigenvalue weighted by Crippen LogP contribution is -2.36. The zero-order valence-electron chi connectivity index (χ0n) is 18.5. The normalized spacial score (nSPS) is 20.2. The van der Waals surface area contributed by atoms with Gasteiger partial charge in [0.15, 0.2) is 0 Å². The van der Waals surface area contributed by atoms with E-state index in [1.165, 1.54) is 4.90 Å². The maximum Gasteiger partial charge on any atom is 0.273 e. The van der Waals surface area contributed by atoms with Gasteiger partial charge in [-0.05, 0) is 67.8 Å². The Kier molecular flexibility index (Phi) is 5.47. The third-order valence-electron chi connectivity index (χ3n) is 6.42. The van der Waals surface area contributed by atoms with Crippen molar-refractivity contribution in [3.05, 3.63) is 64.3 Å². The molecule has 166 valence electrons. The number of aryl methyl sites for hydroxylation is 2. The Morgan fingerprint density at radius 1 is 1.25 bits per heavy atom. The molecule has 0 spiro atoms. The molecule has 0 saturated carbocycles. The lowest BCUT2D eigenvalue weighted by atomic mass is 9.93. The second-order valence-corrected chi connectivity index (χ2v) is 9.48. The molecule has 2 N–H and O–H groups in total. The van der Waals surface area contributed by atoms with Gasteiger partial charge < -0.3 is 14.7 Å². The van der Waals surface area contributed by atoms with Crippen molar-refractivity contribution in [2.24, 2.45) is 0 Å². The van der Waals surface area contributed by atoms with Crippen LogP contribution in [0, 0.1) is 13.8 Å². The number of benzene rings is 2. The van der Waals surface area contributed by atoms with Gasteiger partial charge in [0.25, 0.3) is 5.91 Å². The summed E-state index contributed by atoms with van der Waals surface area (Å²) in [6.45, 7) is 5.20. The number of hydrogen-bond acceptors (Lipinski definition) is 5. The molecule has 2 unspecified atom stereocenters. The molecule has 7 heteroatoms. The Hall–Kier alpha value is -2.77. The minimum atomic E-state index is -0.286. The first-order chi connectivity index (χ1) is 15.5. The Morgan fingerprint density at radius 2 is 2.03 bits per heavy atom. The molecule has 1 fully saturated rings. The van der Waals surface area contributed by atoms with Crippen molar-refractivity contribution in [3.8, 4) is 17.0 Å². The molecule has 1 amide bonds. The highest BCUT2D eigenvalue weighted by molar-refractivity contribution is 7.98. The highest BCUT2D eigenvalue weighted by Gasteiger charge is 2.43. The van der Waals surface area contributed by atoms with Crippen LogP contribution in [0.15, 0.2) is 41.3 Å². The van der Waals surface area contributed by atoms with Gasteiger partial charge in [-0.2, -0.15) is 5.10 Å². The van der Waals surface area contributed by atoms with E-state index in [0.29, 0.717) is 23.5 Å². The van der Waals surface area contributed by atoms with Crippen LogP contribution in [0.4, 0.5) is 0 Å². The smallest absolute Gasteiger partial charge is 0.273 e. The summed E-state index contributed by atoms with van der Waals surface area (Å²) < 4.78 is 5.86. The van der Waals surface area contributed by atoms with E-state index >= 15 is 0 Å². The van der Waals surface area contributed by atoms with Gasteiger partial charge in [0, 0.05) is 29.2 Å². The van der Waals surface area contributed by atoms with Crippen LogP contribution in [0.1, 0.15) is 51.6 Å². The number of phenolic OH excluding ortho intramolecular Hbond substituents is 1. The van der Waals surface area contributed by atoms with Crippen LogP contribution in [0.3, 0.4) is 0 Å². The average Bonchev–Trinajstić information content (AvgIpc) is 3.48. The molecule has 1 aromatic heterocycles. The largest absolute Gasteiger partial charge is 0.507 e. The van der Waals surface area contributed by atoms with Crippen molar-refractivity contribution in [2.75, 3.05) is 19.4 Å². The van der Waals surface area contributed by atoms with Crippen molar-refractivity contribution in [2.45, 2.75) is 43.7 Å². The maximum absolute atomic E-state index is 13.5. The van der Waals surface area contributed by atoms with Gasteiger partial charge in [0.1, 0.15) is 17.1 Å². The fraction of sp³-hybridized carbons (Fsp3) is 0.360. The summed E-state index contributed by atoms with van der Waals surface area (Å²) in [5.74, 6) is 0.107. The number of hydrogen-bond donors (Lipinski definition) is 2. The topological polar surface area (TPSA) is 78.5 Å². The molecule has 0 bridgehead atoms. The number of ether oxygens (including phenoxy) is 1. The minimum absolute atomic E-state index is 0.0434. The predicted octanol–water partition coefficient (Wildman–Crippen LogP) is 4.85. The van der Waals surface area contributed by atoms with E-state index < -0.39 is 0 Å². The van der Waals surface area contributed by atoms with Crippen molar-refractivity contribution >= 4 is 17.7 Å². The number of aromatic hydroxyl groups is 1. The third kappa shape index (κ3) is 3.49. The molecule has 0 radical (unpaired) electrons. The fourth-order valence-electron chi connectivity index (χ4n) is 4.97. The molecule has 3 aromatic rings. The average molecular weight is 450 g/mol. The summed E-state index contributed by atoms with van der Waals surface area (Å²) >= 11 is 1.69. The standard InChI is InChI=1S/C25H27N3O3S/c1-14-11-15(2)20(19(29)12-14)22-21-23(27-26-22)25(30)28(13-17-5-4-10-31-17)24(21)16-6-8-18(32-3)9-7-16/h6-9,11-12,17,24,29H,4-5,10,13H2,1-3H3,(H,26,27). The van der Waals surface area contributed by atoms with Crippen LogP contribution in [-0.2, 0) is 4.74 Å². The first kappa shape index (κ1) is 21.1. The van der Waals surface area contributed by atoms with Crippen LogP contribution in [0.25, 0.3) is 11.3 Å². The maximum atomic E-state index is 13.5. The molecule has 2 aliphatic heterocycles. The summed E-state index contributed by atoms with van der Waals surface area (Å²) in [6, 6.07) is 11.8. The van der Waals surface area contributed by atoms with Crippen LogP contribution < -0.4 is 0 Å². The predicted molar refractivity (Wildman–Crippen MR) is 125 cm³/mol. The number of H-pyrrole nitrogens is 1. The van der Waals surface area contributed by atoms with Crippen LogP contribution in [0.2, 0.25) is 0 Å².